The Hall–Kier alpha value is -2.17. The molecule has 2 rings (SSSR count). The van der Waals surface area contributed by atoms with Crippen molar-refractivity contribution in [2.75, 3.05) is 13.1 Å². The Labute approximate surface area is 125 Å². The van der Waals surface area contributed by atoms with E-state index < -0.39 is 47.9 Å². The molecule has 22 heavy (non-hydrogen) atoms. The molecule has 1 saturated heterocycles. The number of amides is 1. The van der Waals surface area contributed by atoms with Gasteiger partial charge in [-0.05, 0) is 6.07 Å². The first kappa shape index (κ1) is 16.2. The molecule has 1 aliphatic rings. The van der Waals surface area contributed by atoms with Gasteiger partial charge in [0.05, 0.1) is 21.6 Å². The van der Waals surface area contributed by atoms with Crippen LogP contribution in [0.15, 0.2) is 12.1 Å². The van der Waals surface area contributed by atoms with Crippen LogP contribution >= 0.6 is 11.3 Å². The number of rotatable bonds is 3. The summed E-state index contributed by atoms with van der Waals surface area (Å²) in [4.78, 5) is 33.5. The lowest BCUT2D eigenvalue weighted by Crippen LogP contribution is -2.34. The van der Waals surface area contributed by atoms with Crippen LogP contribution in [0.2, 0.25) is 0 Å². The third-order valence-corrected chi connectivity index (χ3v) is 4.35. The van der Waals surface area contributed by atoms with Crippen LogP contribution < -0.4 is 0 Å². The van der Waals surface area contributed by atoms with E-state index in [4.69, 9.17) is 5.11 Å². The lowest BCUT2D eigenvalue weighted by atomic mass is 9.96. The van der Waals surface area contributed by atoms with Crippen molar-refractivity contribution in [1.82, 2.24) is 4.90 Å². The zero-order chi connectivity index (χ0) is 16.7. The van der Waals surface area contributed by atoms with Crippen LogP contribution in [0.1, 0.15) is 9.67 Å². The second-order valence-corrected chi connectivity index (χ2v) is 5.76. The monoisotopic (exact) mass is 338 g/mol. The SMILES string of the molecule is O=C(O)[C@@H]1CN(C(=O)c2ccc([N+](=O)[O-])s2)C[C@H]1C(F)(F)F. The maximum absolute atomic E-state index is 12.8. The molecule has 1 amide bonds. The average molecular weight is 338 g/mol. The number of thiophene rings is 1. The Morgan fingerprint density at radius 2 is 2.00 bits per heavy atom. The minimum Gasteiger partial charge on any atom is -0.481 e. The van der Waals surface area contributed by atoms with E-state index in [-0.39, 0.29) is 9.88 Å². The van der Waals surface area contributed by atoms with Crippen LogP contribution in [0.25, 0.3) is 0 Å². The summed E-state index contributed by atoms with van der Waals surface area (Å²) in [6, 6.07) is 2.21. The fourth-order valence-corrected chi connectivity index (χ4v) is 3.04. The van der Waals surface area contributed by atoms with Gasteiger partial charge in [0.15, 0.2) is 0 Å². The van der Waals surface area contributed by atoms with E-state index in [1.54, 1.807) is 0 Å². The quantitative estimate of drug-likeness (QED) is 0.671. The van der Waals surface area contributed by atoms with Gasteiger partial charge in [0, 0.05) is 19.2 Å². The minimum absolute atomic E-state index is 0.0985. The third kappa shape index (κ3) is 3.03. The number of carboxylic acid groups (broad SMARTS) is 1. The highest BCUT2D eigenvalue weighted by Gasteiger charge is 2.53. The highest BCUT2D eigenvalue weighted by Crippen LogP contribution is 2.38. The van der Waals surface area contributed by atoms with Crippen molar-refractivity contribution in [3.63, 3.8) is 0 Å². The van der Waals surface area contributed by atoms with Gasteiger partial charge in [-0.15, -0.1) is 0 Å². The predicted molar refractivity (Wildman–Crippen MR) is 67.5 cm³/mol. The molecule has 2 atom stereocenters. The van der Waals surface area contributed by atoms with E-state index in [0.29, 0.717) is 11.3 Å². The van der Waals surface area contributed by atoms with Crippen LogP contribution in [0, 0.1) is 22.0 Å². The molecule has 0 saturated carbocycles. The molecular formula is C11H9F3N2O5S. The second kappa shape index (κ2) is 5.55. The van der Waals surface area contributed by atoms with E-state index >= 15 is 0 Å². The Morgan fingerprint density at radius 3 is 2.41 bits per heavy atom. The molecule has 0 unspecified atom stereocenters. The van der Waals surface area contributed by atoms with Gasteiger partial charge in [0.25, 0.3) is 5.91 Å². The van der Waals surface area contributed by atoms with Crippen LogP contribution in [0.3, 0.4) is 0 Å². The van der Waals surface area contributed by atoms with Gasteiger partial charge in [-0.3, -0.25) is 19.7 Å². The highest BCUT2D eigenvalue weighted by molar-refractivity contribution is 7.17. The summed E-state index contributed by atoms with van der Waals surface area (Å²) >= 11 is 0.535. The molecule has 2 heterocycles. The summed E-state index contributed by atoms with van der Waals surface area (Å²) in [7, 11) is 0. The van der Waals surface area contributed by atoms with Crippen molar-refractivity contribution in [1.29, 1.82) is 0 Å². The molecule has 1 N–H and O–H groups in total. The van der Waals surface area contributed by atoms with Crippen molar-refractivity contribution >= 4 is 28.2 Å². The summed E-state index contributed by atoms with van der Waals surface area (Å²) < 4.78 is 38.5. The van der Waals surface area contributed by atoms with Crippen molar-refractivity contribution in [2.24, 2.45) is 11.8 Å². The fraction of sp³-hybridized carbons (Fsp3) is 0.455. The molecule has 1 aromatic heterocycles. The topological polar surface area (TPSA) is 101 Å². The normalized spacial score (nSPS) is 21.9. The minimum atomic E-state index is -4.74. The Morgan fingerprint density at radius 1 is 1.36 bits per heavy atom. The molecule has 0 radical (unpaired) electrons. The summed E-state index contributed by atoms with van der Waals surface area (Å²) in [5.74, 6) is -6.35. The number of halogens is 3. The largest absolute Gasteiger partial charge is 0.481 e. The number of alkyl halides is 3. The van der Waals surface area contributed by atoms with E-state index in [1.165, 1.54) is 0 Å². The van der Waals surface area contributed by atoms with Crippen molar-refractivity contribution in [3.05, 3.63) is 27.1 Å². The number of carboxylic acids is 1. The number of nitrogens with zero attached hydrogens (tertiary/aromatic N) is 2. The highest BCUT2D eigenvalue weighted by atomic mass is 32.1. The van der Waals surface area contributed by atoms with Crippen LogP contribution in [0.5, 0.6) is 0 Å². The molecule has 7 nitrogen and oxygen atoms in total. The lowest BCUT2D eigenvalue weighted by molar-refractivity contribution is -0.380. The van der Waals surface area contributed by atoms with Gasteiger partial charge in [-0.2, -0.15) is 13.2 Å². The number of likely N-dealkylation sites (tertiary alicyclic amines) is 1. The Bertz CT molecular complexity index is 629. The van der Waals surface area contributed by atoms with Gasteiger partial charge in [-0.25, -0.2) is 0 Å². The molecule has 0 bridgehead atoms. The van der Waals surface area contributed by atoms with Gasteiger partial charge in [0.2, 0.25) is 0 Å². The molecule has 0 spiro atoms. The molecule has 1 aromatic rings. The summed E-state index contributed by atoms with van der Waals surface area (Å²) in [5.41, 5.74) is 0. The van der Waals surface area contributed by atoms with E-state index in [1.807, 2.05) is 0 Å². The fourth-order valence-electron chi connectivity index (χ4n) is 2.25. The van der Waals surface area contributed by atoms with Crippen LogP contribution in [-0.4, -0.2) is 46.1 Å². The number of carbonyl (C=O) groups is 2. The van der Waals surface area contributed by atoms with E-state index in [9.17, 15) is 32.9 Å². The number of hydrogen-bond acceptors (Lipinski definition) is 5. The predicted octanol–water partition coefficient (Wildman–Crippen LogP) is 1.99. The second-order valence-electron chi connectivity index (χ2n) is 4.70. The smallest absolute Gasteiger partial charge is 0.394 e. The number of aliphatic carboxylic acids is 1. The van der Waals surface area contributed by atoms with Gasteiger partial charge in [-0.1, -0.05) is 11.3 Å². The van der Waals surface area contributed by atoms with Gasteiger partial charge in [0.1, 0.15) is 0 Å². The first-order chi connectivity index (χ1) is 10.1. The summed E-state index contributed by atoms with van der Waals surface area (Å²) in [6.45, 7) is -1.35. The van der Waals surface area contributed by atoms with Gasteiger partial charge < -0.3 is 10.0 Å². The van der Waals surface area contributed by atoms with Crippen LogP contribution in [0.4, 0.5) is 18.2 Å². The van der Waals surface area contributed by atoms with Crippen molar-refractivity contribution < 1.29 is 32.8 Å². The zero-order valence-electron chi connectivity index (χ0n) is 10.7. The number of nitro groups is 1. The number of hydrogen-bond donors (Lipinski definition) is 1. The van der Waals surface area contributed by atoms with Crippen LogP contribution in [-0.2, 0) is 4.79 Å². The van der Waals surface area contributed by atoms with Gasteiger partial charge >= 0.3 is 17.1 Å². The summed E-state index contributed by atoms with van der Waals surface area (Å²) in [5, 5.41) is 19.1. The first-order valence-electron chi connectivity index (χ1n) is 5.94. The molecule has 1 aliphatic heterocycles. The zero-order valence-corrected chi connectivity index (χ0v) is 11.6. The number of carbonyl (C=O) groups excluding carboxylic acids is 1. The third-order valence-electron chi connectivity index (χ3n) is 3.33. The first-order valence-corrected chi connectivity index (χ1v) is 6.76. The molecule has 0 aromatic carbocycles. The molecule has 120 valence electrons. The average Bonchev–Trinajstić information content (AvgIpc) is 3.04. The van der Waals surface area contributed by atoms with E-state index in [2.05, 4.69) is 0 Å². The van der Waals surface area contributed by atoms with Crippen molar-refractivity contribution in [2.45, 2.75) is 6.18 Å². The molecule has 0 aliphatic carbocycles. The Kier molecular flexibility index (Phi) is 4.09. The maximum atomic E-state index is 12.8. The Balaban J connectivity index is 2.20. The van der Waals surface area contributed by atoms with Crippen molar-refractivity contribution in [3.8, 4) is 0 Å². The maximum Gasteiger partial charge on any atom is 0.394 e. The summed E-state index contributed by atoms with van der Waals surface area (Å²) in [6.07, 6.45) is -4.74. The molecule has 1 fully saturated rings. The standard InChI is InChI=1S/C11H9F3N2O5S/c12-11(13,14)6-4-15(3-5(6)10(18)19)9(17)7-1-2-8(22-7)16(20)21/h1-2,5-6H,3-4H2,(H,18,19)/t5-,6-/m1/s1. The molecule has 11 heteroatoms. The lowest BCUT2D eigenvalue weighted by Gasteiger charge is -2.18. The van der Waals surface area contributed by atoms with E-state index in [0.717, 1.165) is 17.0 Å². The molecular weight excluding hydrogens is 329 g/mol.